The van der Waals surface area contributed by atoms with Gasteiger partial charge in [-0.15, -0.1) is 0 Å². The molecule has 1 aromatic carbocycles. The number of benzene rings is 1. The summed E-state index contributed by atoms with van der Waals surface area (Å²) in [6.07, 6.45) is 5.06. The molecule has 0 radical (unpaired) electrons. The van der Waals surface area contributed by atoms with Crippen LogP contribution in [0, 0.1) is 26.7 Å². The molecule has 46 heavy (non-hydrogen) atoms. The Morgan fingerprint density at radius 1 is 0.717 bits per heavy atom. The Bertz CT molecular complexity index is 1040. The Morgan fingerprint density at radius 2 is 1.20 bits per heavy atom. The van der Waals surface area contributed by atoms with Gasteiger partial charge in [0.15, 0.2) is 0 Å². The van der Waals surface area contributed by atoms with Gasteiger partial charge in [-0.05, 0) is 50.3 Å². The smallest absolute Gasteiger partial charge is 0.339 e. The van der Waals surface area contributed by atoms with Crippen LogP contribution in [-0.4, -0.2) is 141 Å². The maximum Gasteiger partial charge on any atom is 0.339 e. The maximum absolute atomic E-state index is 11.8. The number of hydrogen-bond donors (Lipinski definition) is 4. The van der Waals surface area contributed by atoms with Crippen molar-refractivity contribution in [3.63, 3.8) is 0 Å². The lowest BCUT2D eigenvalue weighted by Gasteiger charge is -2.34. The first-order valence-electron chi connectivity index (χ1n) is 16.5. The second-order valence-corrected chi connectivity index (χ2v) is 11.9. The lowest BCUT2D eigenvalue weighted by atomic mass is 9.83. The zero-order chi connectivity index (χ0) is 33.7. The summed E-state index contributed by atoms with van der Waals surface area (Å²) in [6, 6.07) is 3.94. The minimum absolute atomic E-state index is 0.00930. The molecule has 1 saturated carbocycles. The van der Waals surface area contributed by atoms with Crippen molar-refractivity contribution in [1.29, 1.82) is 0 Å². The fraction of sp³-hybridized carbons (Fsp3) is 0.706. The van der Waals surface area contributed by atoms with Gasteiger partial charge in [-0.25, -0.2) is 9.59 Å². The van der Waals surface area contributed by atoms with Crippen LogP contribution in [0.5, 0.6) is 0 Å². The standard InChI is InChI=1S/C18H24O3.C16H32N2O7/c1-11-9-12(2)15(13(3)10-11)16(18(20)21)17(19)14-7-5-4-6-8-14;19-7-10-22-8-5-17-1-3-18(4-2-17)6-9-23-11-12-24-13-14-25-15-16(20)21/h9-10,14,19H,4-8H2,1-3H3,(H,20,21);19H,1-15H2,(H,20,21)/b17-16+;. The zero-order valence-electron chi connectivity index (χ0n) is 28.0. The number of ether oxygens (including phenoxy) is 4. The normalized spacial score (nSPS) is 16.9. The number of piperazine rings is 1. The lowest BCUT2D eigenvalue weighted by molar-refractivity contribution is -0.142. The highest BCUT2D eigenvalue weighted by Gasteiger charge is 2.27. The highest BCUT2D eigenvalue weighted by molar-refractivity contribution is 6.17. The number of nitrogens with zero attached hydrogens (tertiary/aromatic N) is 2. The highest BCUT2D eigenvalue weighted by Crippen LogP contribution is 2.35. The van der Waals surface area contributed by atoms with E-state index in [1.54, 1.807) is 0 Å². The number of carboxylic acids is 2. The molecular formula is C34H56N2O10. The molecule has 0 aromatic heterocycles. The fourth-order valence-electron chi connectivity index (χ4n) is 5.89. The first-order chi connectivity index (χ1) is 22.1. The molecule has 3 rings (SSSR count). The van der Waals surface area contributed by atoms with E-state index in [1.165, 1.54) is 6.42 Å². The molecule has 2 fully saturated rings. The van der Waals surface area contributed by atoms with E-state index in [0.717, 1.165) is 81.6 Å². The predicted octanol–water partition coefficient (Wildman–Crippen LogP) is 3.29. The van der Waals surface area contributed by atoms with Crippen LogP contribution in [0.15, 0.2) is 17.9 Å². The van der Waals surface area contributed by atoms with E-state index in [4.69, 9.17) is 29.2 Å². The van der Waals surface area contributed by atoms with Crippen molar-refractivity contribution in [2.24, 2.45) is 5.92 Å². The van der Waals surface area contributed by atoms with Gasteiger partial charge in [0.1, 0.15) is 17.9 Å². The summed E-state index contributed by atoms with van der Waals surface area (Å²) in [7, 11) is 0. The second kappa shape index (κ2) is 22.9. The van der Waals surface area contributed by atoms with Gasteiger partial charge in [-0.2, -0.15) is 0 Å². The average molecular weight is 653 g/mol. The van der Waals surface area contributed by atoms with Gasteiger partial charge in [0, 0.05) is 45.2 Å². The molecule has 0 unspecified atom stereocenters. The van der Waals surface area contributed by atoms with Crippen LogP contribution in [0.25, 0.3) is 5.57 Å². The van der Waals surface area contributed by atoms with E-state index in [2.05, 4.69) is 9.80 Å². The molecule has 0 spiro atoms. The second-order valence-electron chi connectivity index (χ2n) is 11.9. The molecule has 1 aromatic rings. The Kier molecular flexibility index (Phi) is 19.7. The van der Waals surface area contributed by atoms with E-state index >= 15 is 0 Å². The number of carbonyl (C=O) groups is 2. The van der Waals surface area contributed by atoms with Gasteiger partial charge >= 0.3 is 11.9 Å². The fourth-order valence-corrected chi connectivity index (χ4v) is 5.89. The summed E-state index contributed by atoms with van der Waals surface area (Å²) >= 11 is 0. The van der Waals surface area contributed by atoms with Crippen molar-refractivity contribution in [1.82, 2.24) is 9.80 Å². The third-order valence-corrected chi connectivity index (χ3v) is 8.16. The van der Waals surface area contributed by atoms with E-state index in [-0.39, 0.29) is 37.1 Å². The summed E-state index contributed by atoms with van der Waals surface area (Å²) in [5, 5.41) is 37.2. The van der Waals surface area contributed by atoms with Crippen LogP contribution in [0.2, 0.25) is 0 Å². The Balaban J connectivity index is 0.000000324. The first-order valence-corrected chi connectivity index (χ1v) is 16.5. The quantitative estimate of drug-likeness (QED) is 0.0983. The molecule has 0 bridgehead atoms. The molecule has 12 nitrogen and oxygen atoms in total. The monoisotopic (exact) mass is 652 g/mol. The van der Waals surface area contributed by atoms with Crippen molar-refractivity contribution >= 4 is 17.5 Å². The molecule has 4 N–H and O–H groups in total. The molecular weight excluding hydrogens is 596 g/mol. The molecule has 262 valence electrons. The van der Waals surface area contributed by atoms with E-state index in [9.17, 15) is 19.8 Å². The van der Waals surface area contributed by atoms with Crippen molar-refractivity contribution in [2.75, 3.05) is 98.7 Å². The number of hydrogen-bond acceptors (Lipinski definition) is 10. The van der Waals surface area contributed by atoms with Gasteiger partial charge in [-0.3, -0.25) is 9.80 Å². The number of aliphatic carboxylic acids is 2. The van der Waals surface area contributed by atoms with Gasteiger partial charge < -0.3 is 39.4 Å². The number of rotatable bonds is 19. The SMILES string of the molecule is Cc1cc(C)c(/C(C(=O)O)=C(\O)C2CCCCC2)c(C)c1.O=C(O)COCCOCCOCCN1CCN(CCOCCO)CC1. The summed E-state index contributed by atoms with van der Waals surface area (Å²) < 4.78 is 21.0. The Morgan fingerprint density at radius 3 is 1.67 bits per heavy atom. The number of allylic oxidation sites excluding steroid dienone is 1. The molecule has 1 aliphatic carbocycles. The van der Waals surface area contributed by atoms with E-state index < -0.39 is 11.9 Å². The predicted molar refractivity (Wildman–Crippen MR) is 175 cm³/mol. The topological polar surface area (TPSA) is 158 Å². The lowest BCUT2D eigenvalue weighted by Crippen LogP contribution is -2.48. The Hall–Kier alpha value is -2.58. The molecule has 1 heterocycles. The number of aliphatic hydroxyl groups is 2. The van der Waals surface area contributed by atoms with Crippen LogP contribution >= 0.6 is 0 Å². The summed E-state index contributed by atoms with van der Waals surface area (Å²) in [6.45, 7) is 15.0. The summed E-state index contributed by atoms with van der Waals surface area (Å²) in [5.74, 6) is -1.95. The van der Waals surface area contributed by atoms with E-state index in [1.807, 2.05) is 32.9 Å². The largest absolute Gasteiger partial charge is 0.511 e. The number of aliphatic hydroxyl groups excluding tert-OH is 2. The Labute approximate surface area is 273 Å². The van der Waals surface area contributed by atoms with Crippen molar-refractivity contribution < 1.29 is 49.0 Å². The van der Waals surface area contributed by atoms with Crippen LogP contribution in [0.3, 0.4) is 0 Å². The third-order valence-electron chi connectivity index (χ3n) is 8.16. The van der Waals surface area contributed by atoms with Gasteiger partial charge in [0.2, 0.25) is 0 Å². The van der Waals surface area contributed by atoms with Gasteiger partial charge in [0.25, 0.3) is 0 Å². The molecule has 2 aliphatic rings. The van der Waals surface area contributed by atoms with Crippen LogP contribution in [0.1, 0.15) is 54.4 Å². The van der Waals surface area contributed by atoms with Gasteiger partial charge in [0.05, 0.1) is 52.9 Å². The zero-order valence-corrected chi connectivity index (χ0v) is 28.0. The molecule has 1 saturated heterocycles. The molecule has 0 amide bonds. The highest BCUT2D eigenvalue weighted by atomic mass is 16.5. The summed E-state index contributed by atoms with van der Waals surface area (Å²) in [5.41, 5.74) is 3.70. The minimum Gasteiger partial charge on any atom is -0.511 e. The maximum atomic E-state index is 11.8. The van der Waals surface area contributed by atoms with Crippen LogP contribution in [-0.2, 0) is 28.5 Å². The van der Waals surface area contributed by atoms with Crippen LogP contribution < -0.4 is 0 Å². The minimum atomic E-state index is -1.03. The number of aryl methyl sites for hydroxylation is 3. The molecule has 1 aliphatic heterocycles. The van der Waals surface area contributed by atoms with Crippen LogP contribution in [0.4, 0.5) is 0 Å². The third kappa shape index (κ3) is 15.3. The van der Waals surface area contributed by atoms with Crippen molar-refractivity contribution in [3.8, 4) is 0 Å². The van der Waals surface area contributed by atoms with Crippen molar-refractivity contribution in [3.05, 3.63) is 40.1 Å². The average Bonchev–Trinajstić information content (AvgIpc) is 3.02. The molecule has 12 heteroatoms. The van der Waals surface area contributed by atoms with Crippen molar-refractivity contribution in [2.45, 2.75) is 52.9 Å². The molecule has 0 atom stereocenters. The van der Waals surface area contributed by atoms with Gasteiger partial charge in [-0.1, -0.05) is 37.0 Å². The number of carboxylic acid groups (broad SMARTS) is 2. The summed E-state index contributed by atoms with van der Waals surface area (Å²) in [4.78, 5) is 26.7. The van der Waals surface area contributed by atoms with E-state index in [0.29, 0.717) is 45.2 Å². The first kappa shape index (κ1) is 39.6.